The number of hydrogen-bond acceptors (Lipinski definition) is 2. The van der Waals surface area contributed by atoms with Crippen LogP contribution in [0.1, 0.15) is 41.0 Å². The molecule has 0 radical (unpaired) electrons. The van der Waals surface area contributed by atoms with Gasteiger partial charge in [-0.2, -0.15) is 0 Å². The summed E-state index contributed by atoms with van der Waals surface area (Å²) in [6.45, 7) is 12.1. The van der Waals surface area contributed by atoms with Crippen molar-refractivity contribution >= 4 is 5.90 Å². The highest BCUT2D eigenvalue weighted by Gasteiger charge is 2.11. The van der Waals surface area contributed by atoms with Crippen molar-refractivity contribution in [3.8, 4) is 0 Å². The van der Waals surface area contributed by atoms with E-state index in [0.29, 0.717) is 6.61 Å². The number of allylic oxidation sites excluding steroid dienone is 1. The van der Waals surface area contributed by atoms with Gasteiger partial charge in [0.05, 0.1) is 6.61 Å². The molecule has 0 bridgehead atoms. The third-order valence-electron chi connectivity index (χ3n) is 1.46. The Morgan fingerprint density at radius 1 is 1.29 bits per heavy atom. The lowest BCUT2D eigenvalue weighted by atomic mass is 9.99. The third-order valence-corrected chi connectivity index (χ3v) is 1.46. The van der Waals surface area contributed by atoms with Crippen molar-refractivity contribution in [2.75, 3.05) is 13.2 Å². The van der Waals surface area contributed by atoms with Crippen molar-refractivity contribution in [3.05, 3.63) is 12.2 Å². The fourth-order valence-corrected chi connectivity index (χ4v) is 0.811. The maximum absolute atomic E-state index is 5.61. The number of aliphatic imine (C=N–C) groups is 1. The molecule has 0 heterocycles. The van der Waals surface area contributed by atoms with Crippen molar-refractivity contribution < 1.29 is 4.74 Å². The zero-order valence-electron chi connectivity index (χ0n) is 10.1. The number of rotatable bonds is 4. The predicted molar refractivity (Wildman–Crippen MR) is 62.8 cm³/mol. The molecule has 0 spiro atoms. The summed E-state index contributed by atoms with van der Waals surface area (Å²) in [5.41, 5.74) is 0.189. The maximum Gasteiger partial charge on any atom is 0.208 e. The molecule has 0 saturated heterocycles. The molecule has 0 unspecified atom stereocenters. The van der Waals surface area contributed by atoms with Gasteiger partial charge in [-0.15, -0.1) is 0 Å². The first kappa shape index (κ1) is 13.2. The van der Waals surface area contributed by atoms with Crippen LogP contribution in [0.2, 0.25) is 0 Å². The molecular weight excluding hydrogens is 174 g/mol. The van der Waals surface area contributed by atoms with E-state index < -0.39 is 0 Å². The standard InChI is InChI=1S/C12H23NO/c1-6-8-9-11(13-7-2)14-10-12(3,4)5/h8-9H,6-7,10H2,1-5H3/b9-8-,13-11+. The molecule has 0 fully saturated rings. The Hall–Kier alpha value is -0.790. The molecule has 82 valence electrons. The van der Waals surface area contributed by atoms with E-state index >= 15 is 0 Å². The van der Waals surface area contributed by atoms with E-state index in [1.54, 1.807) is 0 Å². The summed E-state index contributed by atoms with van der Waals surface area (Å²) in [5, 5.41) is 0. The van der Waals surface area contributed by atoms with E-state index in [4.69, 9.17) is 4.74 Å². The van der Waals surface area contributed by atoms with Gasteiger partial charge in [-0.3, -0.25) is 4.99 Å². The monoisotopic (exact) mass is 197 g/mol. The molecular formula is C12H23NO. The number of hydrogen-bond donors (Lipinski definition) is 0. The van der Waals surface area contributed by atoms with E-state index in [0.717, 1.165) is 18.9 Å². The largest absolute Gasteiger partial charge is 0.477 e. The average Bonchev–Trinajstić information content (AvgIpc) is 2.08. The average molecular weight is 197 g/mol. The molecule has 2 nitrogen and oxygen atoms in total. The van der Waals surface area contributed by atoms with E-state index in [-0.39, 0.29) is 5.41 Å². The molecule has 14 heavy (non-hydrogen) atoms. The van der Waals surface area contributed by atoms with Crippen molar-refractivity contribution in [1.82, 2.24) is 0 Å². The molecule has 0 aliphatic heterocycles. The molecule has 0 aromatic rings. The highest BCUT2D eigenvalue weighted by Crippen LogP contribution is 2.13. The minimum absolute atomic E-state index is 0.189. The zero-order chi connectivity index (χ0) is 11.0. The fourth-order valence-electron chi connectivity index (χ4n) is 0.811. The molecule has 0 aromatic carbocycles. The maximum atomic E-state index is 5.61. The van der Waals surface area contributed by atoms with Gasteiger partial charge in [-0.05, 0) is 24.8 Å². The lowest BCUT2D eigenvalue weighted by molar-refractivity contribution is 0.188. The SMILES string of the molecule is CC/C=C\C(=N/CC)OCC(C)(C)C. The van der Waals surface area contributed by atoms with Crippen LogP contribution in [-0.2, 0) is 4.74 Å². The summed E-state index contributed by atoms with van der Waals surface area (Å²) in [7, 11) is 0. The lowest BCUT2D eigenvalue weighted by Crippen LogP contribution is -2.17. The minimum Gasteiger partial charge on any atom is -0.477 e. The molecule has 0 saturated carbocycles. The predicted octanol–water partition coefficient (Wildman–Crippen LogP) is 3.43. The first-order chi connectivity index (χ1) is 6.49. The molecule has 0 amide bonds. The molecule has 0 aliphatic rings. The van der Waals surface area contributed by atoms with Crippen molar-refractivity contribution in [3.63, 3.8) is 0 Å². The van der Waals surface area contributed by atoms with E-state index in [1.807, 2.05) is 13.0 Å². The smallest absolute Gasteiger partial charge is 0.208 e. The van der Waals surface area contributed by atoms with Crippen molar-refractivity contribution in [2.45, 2.75) is 41.0 Å². The summed E-state index contributed by atoms with van der Waals surface area (Å²) in [5.74, 6) is 0.754. The highest BCUT2D eigenvalue weighted by atomic mass is 16.5. The summed E-state index contributed by atoms with van der Waals surface area (Å²) in [4.78, 5) is 4.27. The second kappa shape index (κ2) is 6.63. The van der Waals surface area contributed by atoms with Crippen LogP contribution in [0.15, 0.2) is 17.1 Å². The summed E-state index contributed by atoms with van der Waals surface area (Å²) in [6, 6.07) is 0. The van der Waals surface area contributed by atoms with Gasteiger partial charge >= 0.3 is 0 Å². The Bertz CT molecular complexity index is 199. The molecule has 2 heteroatoms. The summed E-state index contributed by atoms with van der Waals surface area (Å²) >= 11 is 0. The Balaban J connectivity index is 4.12. The van der Waals surface area contributed by atoms with Crippen molar-refractivity contribution in [1.29, 1.82) is 0 Å². The van der Waals surface area contributed by atoms with Gasteiger partial charge in [0, 0.05) is 6.54 Å². The van der Waals surface area contributed by atoms with Crippen LogP contribution in [0.25, 0.3) is 0 Å². The van der Waals surface area contributed by atoms with Crippen LogP contribution in [0.3, 0.4) is 0 Å². The van der Waals surface area contributed by atoms with Gasteiger partial charge in [0.1, 0.15) is 0 Å². The van der Waals surface area contributed by atoms with Gasteiger partial charge in [0.15, 0.2) is 0 Å². The Labute approximate surface area is 88.1 Å². The Morgan fingerprint density at radius 2 is 1.93 bits per heavy atom. The molecule has 0 aromatic heterocycles. The molecule has 0 atom stereocenters. The Kier molecular flexibility index (Phi) is 6.26. The second-order valence-corrected chi connectivity index (χ2v) is 4.47. The minimum atomic E-state index is 0.189. The van der Waals surface area contributed by atoms with E-state index in [2.05, 4.69) is 38.8 Å². The van der Waals surface area contributed by atoms with Crippen molar-refractivity contribution in [2.24, 2.45) is 10.4 Å². The van der Waals surface area contributed by atoms with Crippen LogP contribution in [0, 0.1) is 5.41 Å². The third kappa shape index (κ3) is 7.84. The first-order valence-electron chi connectivity index (χ1n) is 5.33. The molecule has 0 aliphatic carbocycles. The van der Waals surface area contributed by atoms with Crippen LogP contribution in [0.4, 0.5) is 0 Å². The van der Waals surface area contributed by atoms with Crippen LogP contribution >= 0.6 is 0 Å². The van der Waals surface area contributed by atoms with Gasteiger partial charge in [0.25, 0.3) is 0 Å². The lowest BCUT2D eigenvalue weighted by Gasteiger charge is -2.18. The topological polar surface area (TPSA) is 21.6 Å². The van der Waals surface area contributed by atoms with Crippen LogP contribution in [0.5, 0.6) is 0 Å². The van der Waals surface area contributed by atoms with E-state index in [9.17, 15) is 0 Å². The highest BCUT2D eigenvalue weighted by molar-refractivity contribution is 5.87. The van der Waals surface area contributed by atoms with Gasteiger partial charge in [-0.1, -0.05) is 33.8 Å². The number of ether oxygens (including phenoxy) is 1. The van der Waals surface area contributed by atoms with Gasteiger partial charge < -0.3 is 4.74 Å². The normalized spacial score (nSPS) is 13.6. The second-order valence-electron chi connectivity index (χ2n) is 4.47. The summed E-state index contributed by atoms with van der Waals surface area (Å²) in [6.07, 6.45) is 5.04. The van der Waals surface area contributed by atoms with Crippen LogP contribution in [-0.4, -0.2) is 19.0 Å². The van der Waals surface area contributed by atoms with E-state index in [1.165, 1.54) is 0 Å². The Morgan fingerprint density at radius 3 is 2.36 bits per heavy atom. The van der Waals surface area contributed by atoms with Gasteiger partial charge in [0.2, 0.25) is 5.90 Å². The number of nitrogens with zero attached hydrogens (tertiary/aromatic N) is 1. The fraction of sp³-hybridized carbons (Fsp3) is 0.750. The molecule has 0 rings (SSSR count). The first-order valence-corrected chi connectivity index (χ1v) is 5.33. The zero-order valence-corrected chi connectivity index (χ0v) is 10.1. The summed E-state index contributed by atoms with van der Waals surface area (Å²) < 4.78 is 5.61. The van der Waals surface area contributed by atoms with Gasteiger partial charge in [-0.25, -0.2) is 0 Å². The quantitative estimate of drug-likeness (QED) is 0.500. The van der Waals surface area contributed by atoms with Crippen LogP contribution < -0.4 is 0 Å². The molecule has 0 N–H and O–H groups in total.